The van der Waals surface area contributed by atoms with Crippen molar-refractivity contribution in [3.05, 3.63) is 322 Å². The first kappa shape index (κ1) is 54.0. The quantitative estimate of drug-likeness (QED) is 0.125. The van der Waals surface area contributed by atoms with Gasteiger partial charge in [-0.05, 0) is 113 Å². The molecule has 9 nitrogen and oxygen atoms in total. The van der Waals surface area contributed by atoms with E-state index in [1.165, 1.54) is 22.1 Å². The summed E-state index contributed by atoms with van der Waals surface area (Å²) >= 11 is 0. The van der Waals surface area contributed by atoms with Crippen molar-refractivity contribution in [2.45, 2.75) is 0 Å². The molecule has 0 radical (unpaired) electrons. The Labute approximate surface area is 547 Å². The van der Waals surface area contributed by atoms with Crippen LogP contribution in [-0.4, -0.2) is 36.2 Å². The van der Waals surface area contributed by atoms with Gasteiger partial charge in [0.05, 0.1) is 39.2 Å². The molecule has 19 rings (SSSR count). The van der Waals surface area contributed by atoms with Crippen LogP contribution in [0.4, 0.5) is 34.1 Å². The summed E-state index contributed by atoms with van der Waals surface area (Å²) in [6, 6.07) is 114. The molecule has 0 saturated heterocycles. The van der Waals surface area contributed by atoms with E-state index >= 15 is 0 Å². The predicted octanol–water partition coefficient (Wildman–Crippen LogP) is 19.4. The van der Waals surface area contributed by atoms with Gasteiger partial charge in [0.15, 0.2) is 23.3 Å². The monoisotopic (exact) mass is 1210 g/mol. The Morgan fingerprint density at radius 2 is 0.789 bits per heavy atom. The Kier molecular flexibility index (Phi) is 12.5. The number of fused-ring (bicyclic) bond motifs is 11. The molecule has 0 bridgehead atoms. The van der Waals surface area contributed by atoms with Gasteiger partial charge in [-0.3, -0.25) is 0 Å². The van der Waals surface area contributed by atoms with Gasteiger partial charge in [-0.25, -0.2) is 24.9 Å². The summed E-state index contributed by atoms with van der Waals surface area (Å²) in [6.45, 7) is -0.0264. The van der Waals surface area contributed by atoms with E-state index in [0.29, 0.717) is 23.3 Å². The third kappa shape index (κ3) is 8.83. The molecule has 4 aromatic heterocycles. The van der Waals surface area contributed by atoms with Crippen LogP contribution >= 0.6 is 0 Å². The second-order valence-electron chi connectivity index (χ2n) is 24.2. The van der Waals surface area contributed by atoms with Gasteiger partial charge in [0.2, 0.25) is 0 Å². The first-order chi connectivity index (χ1) is 47.1. The number of nitrogens with zero attached hydrogens (tertiary/aromatic N) is 8. The molecule has 13 aromatic carbocycles. The molecule has 6 heterocycles. The lowest BCUT2D eigenvalue weighted by atomic mass is 9.33. The Morgan fingerprint density at radius 3 is 1.44 bits per heavy atom. The van der Waals surface area contributed by atoms with Crippen molar-refractivity contribution in [3.63, 3.8) is 0 Å². The molecule has 0 unspecified atom stereocenters. The standard InChI is InChI=1S/C85H53BN8O/c1-6-24-55(25-7-1)69-53-70(56-44-42-54(43-45-56)62-47-51-76-79-80(62)93(61-32-14-5-15-33-61)74-40-22-19-37-68(74)86(79)67-36-18-21-39-73(67)92(76)60-30-12-4-13-31-60)88-85(87-69)66-52-59(84-90-82(57-26-8-2-9-27-57)89-83(91-84)58-28-10-3-11-29-58)46-49-72(66)94-71-38-20-16-35-65(71)78-75(94)50-48-64-63-34-17-23-41-77(63)95-81(64)78/h1-53H. The molecule has 0 atom stereocenters. The Bertz CT molecular complexity index is 5790. The molecule has 0 amide bonds. The van der Waals surface area contributed by atoms with Crippen molar-refractivity contribution in [2.24, 2.45) is 0 Å². The van der Waals surface area contributed by atoms with Crippen LogP contribution in [0.3, 0.4) is 0 Å². The Balaban J connectivity index is 0.826. The van der Waals surface area contributed by atoms with E-state index in [2.05, 4.69) is 257 Å². The van der Waals surface area contributed by atoms with Crippen LogP contribution in [0, 0.1) is 0 Å². The van der Waals surface area contributed by atoms with Crippen LogP contribution in [0.15, 0.2) is 326 Å². The van der Waals surface area contributed by atoms with Crippen LogP contribution in [0.5, 0.6) is 0 Å². The Morgan fingerprint density at radius 1 is 0.295 bits per heavy atom. The summed E-state index contributed by atoms with van der Waals surface area (Å²) in [6.07, 6.45) is 0. The summed E-state index contributed by atoms with van der Waals surface area (Å²) in [7, 11) is 0. The number of aromatic nitrogens is 6. The minimum absolute atomic E-state index is 0.0264. The van der Waals surface area contributed by atoms with E-state index in [-0.39, 0.29) is 6.71 Å². The number of furan rings is 1. The molecule has 10 heteroatoms. The van der Waals surface area contributed by atoms with Gasteiger partial charge >= 0.3 is 0 Å². The van der Waals surface area contributed by atoms with Crippen LogP contribution in [0.1, 0.15) is 0 Å². The van der Waals surface area contributed by atoms with E-state index in [1.807, 2.05) is 78.9 Å². The fraction of sp³-hybridized carbons (Fsp3) is 0. The SMILES string of the molecule is c1ccc(-c2cc(-c3ccc(-c4ccc5c6c4N(c4ccccc4)c4ccccc4B6c4ccccc4N5c4ccccc4)cc3)nc(-c3cc(-c4nc(-c5ccccc5)nc(-c5ccccc5)n4)ccc3-n3c4ccccc4c4c5oc6ccccc6c5ccc43)n2)cc1. The number of rotatable bonds is 10. The molecular weight excluding hydrogens is 1160 g/mol. The molecule has 442 valence electrons. The van der Waals surface area contributed by atoms with Crippen molar-refractivity contribution in [1.82, 2.24) is 29.5 Å². The first-order valence-corrected chi connectivity index (χ1v) is 32.1. The van der Waals surface area contributed by atoms with E-state index in [4.69, 9.17) is 29.3 Å². The number of benzene rings is 13. The average Bonchev–Trinajstić information content (AvgIpc) is 1.27. The highest BCUT2D eigenvalue weighted by Crippen LogP contribution is 2.49. The lowest BCUT2D eigenvalue weighted by Crippen LogP contribution is -2.61. The smallest absolute Gasteiger partial charge is 0.252 e. The van der Waals surface area contributed by atoms with Gasteiger partial charge in [-0.15, -0.1) is 0 Å². The minimum Gasteiger partial charge on any atom is -0.455 e. The maximum absolute atomic E-state index is 6.83. The van der Waals surface area contributed by atoms with Crippen molar-refractivity contribution in [1.29, 1.82) is 0 Å². The number of para-hydroxylation sites is 6. The number of hydrogen-bond donors (Lipinski definition) is 0. The summed E-state index contributed by atoms with van der Waals surface area (Å²) in [5.74, 6) is 2.19. The summed E-state index contributed by atoms with van der Waals surface area (Å²) < 4.78 is 9.17. The van der Waals surface area contributed by atoms with Crippen LogP contribution in [-0.2, 0) is 0 Å². The zero-order valence-electron chi connectivity index (χ0n) is 51.2. The van der Waals surface area contributed by atoms with Gasteiger partial charge in [0, 0.05) is 83.5 Å². The zero-order valence-corrected chi connectivity index (χ0v) is 51.2. The maximum Gasteiger partial charge on any atom is 0.252 e. The van der Waals surface area contributed by atoms with Crippen molar-refractivity contribution >= 4 is 101 Å². The zero-order chi connectivity index (χ0) is 62.5. The summed E-state index contributed by atoms with van der Waals surface area (Å²) in [5.41, 5.74) is 24.2. The normalized spacial score (nSPS) is 12.4. The third-order valence-corrected chi connectivity index (χ3v) is 18.9. The molecule has 0 fully saturated rings. The first-order valence-electron chi connectivity index (χ1n) is 32.1. The van der Waals surface area contributed by atoms with E-state index in [1.54, 1.807) is 0 Å². The molecule has 2 aliphatic heterocycles. The van der Waals surface area contributed by atoms with Gasteiger partial charge in [-0.2, -0.15) is 0 Å². The summed E-state index contributed by atoms with van der Waals surface area (Å²) in [4.78, 5) is 31.9. The summed E-state index contributed by atoms with van der Waals surface area (Å²) in [5, 5.41) is 4.23. The maximum atomic E-state index is 6.83. The molecule has 0 N–H and O–H groups in total. The molecule has 2 aliphatic rings. The van der Waals surface area contributed by atoms with Crippen molar-refractivity contribution < 1.29 is 4.42 Å². The molecule has 17 aromatic rings. The van der Waals surface area contributed by atoms with Crippen molar-refractivity contribution in [2.75, 3.05) is 9.80 Å². The molecule has 0 saturated carbocycles. The van der Waals surface area contributed by atoms with E-state index in [0.717, 1.165) is 134 Å². The number of hydrogen-bond acceptors (Lipinski definition) is 8. The fourth-order valence-electron chi connectivity index (χ4n) is 14.6. The molecule has 0 spiro atoms. The fourth-order valence-corrected chi connectivity index (χ4v) is 14.6. The van der Waals surface area contributed by atoms with E-state index in [9.17, 15) is 0 Å². The van der Waals surface area contributed by atoms with Crippen molar-refractivity contribution in [3.8, 4) is 84.9 Å². The van der Waals surface area contributed by atoms with Gasteiger partial charge in [0.1, 0.15) is 11.2 Å². The topological polar surface area (TPSA) is 89.0 Å². The minimum atomic E-state index is -0.0264. The van der Waals surface area contributed by atoms with Crippen LogP contribution in [0.2, 0.25) is 0 Å². The van der Waals surface area contributed by atoms with Crippen LogP contribution < -0.4 is 26.2 Å². The van der Waals surface area contributed by atoms with Crippen LogP contribution in [0.25, 0.3) is 129 Å². The average molecular weight is 1210 g/mol. The lowest BCUT2D eigenvalue weighted by Gasteiger charge is -2.45. The van der Waals surface area contributed by atoms with Gasteiger partial charge in [0.25, 0.3) is 6.71 Å². The highest BCUT2D eigenvalue weighted by Gasteiger charge is 2.44. The Hall–Kier alpha value is -12.8. The predicted molar refractivity (Wildman–Crippen MR) is 389 cm³/mol. The lowest BCUT2D eigenvalue weighted by molar-refractivity contribution is 0.673. The van der Waals surface area contributed by atoms with Gasteiger partial charge in [-0.1, -0.05) is 231 Å². The molecule has 0 aliphatic carbocycles. The second-order valence-corrected chi connectivity index (χ2v) is 24.2. The second kappa shape index (κ2) is 22.0. The largest absolute Gasteiger partial charge is 0.455 e. The van der Waals surface area contributed by atoms with E-state index < -0.39 is 0 Å². The van der Waals surface area contributed by atoms with Gasteiger partial charge < -0.3 is 18.8 Å². The number of anilines is 6. The third-order valence-electron chi connectivity index (χ3n) is 18.9. The highest BCUT2D eigenvalue weighted by molar-refractivity contribution is 7.00. The molecule has 95 heavy (non-hydrogen) atoms. The highest BCUT2D eigenvalue weighted by atomic mass is 16.3. The molecular formula is C85H53BN8O.